The summed E-state index contributed by atoms with van der Waals surface area (Å²) in [7, 11) is 0. The van der Waals surface area contributed by atoms with Gasteiger partial charge < -0.3 is 10.1 Å². The fourth-order valence-electron chi connectivity index (χ4n) is 3.87. The van der Waals surface area contributed by atoms with Crippen molar-refractivity contribution in [2.45, 2.75) is 49.2 Å². The Morgan fingerprint density at radius 1 is 1.36 bits per heavy atom. The molecular formula is C22H22ClN5O2S3. The van der Waals surface area contributed by atoms with E-state index in [1.807, 2.05) is 10.7 Å². The van der Waals surface area contributed by atoms with E-state index in [1.165, 1.54) is 34.0 Å². The molecule has 5 rings (SSSR count). The number of nitrogens with one attached hydrogen (secondary N) is 1. The van der Waals surface area contributed by atoms with Gasteiger partial charge in [0.2, 0.25) is 5.91 Å². The van der Waals surface area contributed by atoms with Crippen LogP contribution in [0.5, 0.6) is 0 Å². The molecule has 0 saturated carbocycles. The average molecular weight is 520 g/mol. The van der Waals surface area contributed by atoms with E-state index in [1.54, 1.807) is 35.6 Å². The van der Waals surface area contributed by atoms with Gasteiger partial charge in [0.15, 0.2) is 16.0 Å². The van der Waals surface area contributed by atoms with E-state index in [9.17, 15) is 4.79 Å². The number of anilines is 1. The minimum Gasteiger partial charge on any atom is -0.369 e. The summed E-state index contributed by atoms with van der Waals surface area (Å²) in [5.41, 5.74) is 2.53. The van der Waals surface area contributed by atoms with E-state index < -0.39 is 0 Å². The quantitative estimate of drug-likeness (QED) is 0.259. The van der Waals surface area contributed by atoms with Gasteiger partial charge in [0.05, 0.1) is 23.3 Å². The Hall–Kier alpha value is -1.85. The summed E-state index contributed by atoms with van der Waals surface area (Å²) in [5.74, 6) is 0.0605. The van der Waals surface area contributed by atoms with Gasteiger partial charge in [0.25, 0.3) is 0 Å². The van der Waals surface area contributed by atoms with Gasteiger partial charge in [-0.2, -0.15) is 0 Å². The standard InChI is InChI=1S/C22H22ClN5O2S3/c1-4-22(2)9-14-15(10-30-22)33-19-17(14)18-26-27-21(28(18)20(25-19)31-3)32-11-16(29)24-13-7-5-6-12(23)8-13/h5-8H,4,9-11H2,1-3H3,(H,24,29). The zero-order valence-electron chi connectivity index (χ0n) is 18.3. The lowest BCUT2D eigenvalue weighted by Crippen LogP contribution is -2.33. The zero-order valence-corrected chi connectivity index (χ0v) is 21.6. The van der Waals surface area contributed by atoms with Crippen LogP contribution in [-0.2, 0) is 22.6 Å². The van der Waals surface area contributed by atoms with Crippen molar-refractivity contribution in [3.8, 4) is 0 Å². The number of fused-ring (bicyclic) bond motifs is 5. The number of thioether (sulfide) groups is 2. The van der Waals surface area contributed by atoms with Gasteiger partial charge in [0.1, 0.15) is 4.83 Å². The molecule has 1 aromatic carbocycles. The number of benzene rings is 1. The lowest BCUT2D eigenvalue weighted by Gasteiger charge is -2.32. The van der Waals surface area contributed by atoms with Gasteiger partial charge in [-0.3, -0.25) is 4.79 Å². The number of halogens is 1. The fraction of sp³-hybridized carbons (Fsp3) is 0.364. The molecule has 1 N–H and O–H groups in total. The van der Waals surface area contributed by atoms with Crippen LogP contribution in [0.2, 0.25) is 5.02 Å². The number of carbonyl (C=O) groups excluding carboxylic acids is 1. The lowest BCUT2D eigenvalue weighted by atomic mass is 9.90. The number of hydrogen-bond donors (Lipinski definition) is 1. The van der Waals surface area contributed by atoms with Crippen molar-refractivity contribution < 1.29 is 9.53 Å². The molecular weight excluding hydrogens is 498 g/mol. The summed E-state index contributed by atoms with van der Waals surface area (Å²) >= 11 is 10.6. The van der Waals surface area contributed by atoms with Crippen molar-refractivity contribution in [2.24, 2.45) is 0 Å². The molecule has 172 valence electrons. The first-order valence-corrected chi connectivity index (χ1v) is 13.9. The molecule has 11 heteroatoms. The van der Waals surface area contributed by atoms with Crippen LogP contribution in [0, 0.1) is 0 Å². The number of ether oxygens (including phenoxy) is 1. The predicted octanol–water partition coefficient (Wildman–Crippen LogP) is 5.69. The number of nitrogens with zero attached hydrogens (tertiary/aromatic N) is 4. The Bertz CT molecular complexity index is 1370. The Labute approximate surface area is 208 Å². The van der Waals surface area contributed by atoms with Crippen molar-refractivity contribution in [2.75, 3.05) is 17.3 Å². The van der Waals surface area contributed by atoms with E-state index in [0.29, 0.717) is 22.5 Å². The SMILES string of the molecule is CCC1(C)Cc2c(sc3nc(SC)n4c(SCC(=O)Nc5cccc(Cl)c5)nnc4c23)CO1. The zero-order chi connectivity index (χ0) is 23.2. The van der Waals surface area contributed by atoms with Crippen LogP contribution in [0.3, 0.4) is 0 Å². The smallest absolute Gasteiger partial charge is 0.234 e. The van der Waals surface area contributed by atoms with Gasteiger partial charge in [-0.15, -0.1) is 21.5 Å². The second-order valence-corrected chi connectivity index (χ2v) is 11.3. The normalized spacial score (nSPS) is 18.1. The molecule has 7 nitrogen and oxygen atoms in total. The van der Waals surface area contributed by atoms with E-state index in [2.05, 4.69) is 29.4 Å². The van der Waals surface area contributed by atoms with Crippen molar-refractivity contribution in [3.63, 3.8) is 0 Å². The summed E-state index contributed by atoms with van der Waals surface area (Å²) in [6.07, 6.45) is 3.75. The Morgan fingerprint density at radius 2 is 2.21 bits per heavy atom. The maximum atomic E-state index is 12.5. The van der Waals surface area contributed by atoms with Crippen molar-refractivity contribution in [1.82, 2.24) is 19.6 Å². The highest BCUT2D eigenvalue weighted by atomic mass is 35.5. The number of amides is 1. The number of carbonyl (C=O) groups is 1. The third kappa shape index (κ3) is 4.35. The van der Waals surface area contributed by atoms with Gasteiger partial charge in [-0.1, -0.05) is 48.1 Å². The van der Waals surface area contributed by atoms with Gasteiger partial charge in [-0.05, 0) is 43.4 Å². The van der Waals surface area contributed by atoms with Crippen LogP contribution < -0.4 is 5.32 Å². The van der Waals surface area contributed by atoms with Crippen LogP contribution in [0.15, 0.2) is 34.6 Å². The second-order valence-electron chi connectivity index (χ2n) is 8.04. The molecule has 0 radical (unpaired) electrons. The fourth-order valence-corrected chi connectivity index (χ4v) is 6.54. The molecule has 0 fully saturated rings. The Kier molecular flexibility index (Phi) is 6.30. The molecule has 3 aromatic heterocycles. The molecule has 1 aliphatic rings. The first kappa shape index (κ1) is 22.9. The number of aromatic nitrogens is 4. The van der Waals surface area contributed by atoms with Gasteiger partial charge in [-0.25, -0.2) is 9.38 Å². The number of hydrogen-bond acceptors (Lipinski definition) is 8. The lowest BCUT2D eigenvalue weighted by molar-refractivity contribution is -0.113. The number of rotatable bonds is 6. The van der Waals surface area contributed by atoms with E-state index in [4.69, 9.17) is 21.3 Å². The number of thiophene rings is 1. The van der Waals surface area contributed by atoms with Gasteiger partial charge in [0, 0.05) is 22.0 Å². The van der Waals surface area contributed by atoms with E-state index in [0.717, 1.165) is 33.9 Å². The minimum absolute atomic E-state index is 0.137. The molecule has 33 heavy (non-hydrogen) atoms. The van der Waals surface area contributed by atoms with E-state index in [-0.39, 0.29) is 17.3 Å². The predicted molar refractivity (Wildman–Crippen MR) is 136 cm³/mol. The first-order valence-electron chi connectivity index (χ1n) is 10.5. The Morgan fingerprint density at radius 3 is 2.97 bits per heavy atom. The summed E-state index contributed by atoms with van der Waals surface area (Å²) in [5, 5.41) is 14.9. The molecule has 0 saturated heterocycles. The molecule has 1 amide bonds. The molecule has 1 unspecified atom stereocenters. The molecule has 0 spiro atoms. The summed E-state index contributed by atoms with van der Waals surface area (Å²) in [4.78, 5) is 19.6. The monoisotopic (exact) mass is 519 g/mol. The molecule has 1 atom stereocenters. The topological polar surface area (TPSA) is 81.4 Å². The van der Waals surface area contributed by atoms with Crippen LogP contribution in [0.25, 0.3) is 15.9 Å². The maximum absolute atomic E-state index is 12.5. The highest BCUT2D eigenvalue weighted by Crippen LogP contribution is 2.42. The van der Waals surface area contributed by atoms with Crippen molar-refractivity contribution in [3.05, 3.63) is 39.7 Å². The molecule has 4 heterocycles. The minimum atomic E-state index is -0.188. The molecule has 4 aromatic rings. The largest absolute Gasteiger partial charge is 0.369 e. The van der Waals surface area contributed by atoms with Crippen LogP contribution in [0.4, 0.5) is 5.69 Å². The molecule has 0 bridgehead atoms. The summed E-state index contributed by atoms with van der Waals surface area (Å²) < 4.78 is 8.11. The van der Waals surface area contributed by atoms with Crippen molar-refractivity contribution in [1.29, 1.82) is 0 Å². The second kappa shape index (κ2) is 9.07. The van der Waals surface area contributed by atoms with Crippen LogP contribution in [0.1, 0.15) is 30.7 Å². The average Bonchev–Trinajstić information content (AvgIpc) is 3.38. The third-order valence-electron chi connectivity index (χ3n) is 5.79. The van der Waals surface area contributed by atoms with Crippen LogP contribution >= 0.6 is 46.5 Å². The molecule has 0 aliphatic carbocycles. The Balaban J connectivity index is 1.47. The highest BCUT2D eigenvalue weighted by molar-refractivity contribution is 8.00. The van der Waals surface area contributed by atoms with Gasteiger partial charge >= 0.3 is 0 Å². The third-order valence-corrected chi connectivity index (χ3v) is 8.69. The van der Waals surface area contributed by atoms with Crippen LogP contribution in [-0.4, -0.2) is 43.1 Å². The first-order chi connectivity index (χ1) is 15.9. The van der Waals surface area contributed by atoms with E-state index >= 15 is 0 Å². The summed E-state index contributed by atoms with van der Waals surface area (Å²) in [6.45, 7) is 4.91. The highest BCUT2D eigenvalue weighted by Gasteiger charge is 2.33. The maximum Gasteiger partial charge on any atom is 0.234 e. The summed E-state index contributed by atoms with van der Waals surface area (Å²) in [6, 6.07) is 7.09. The molecule has 1 aliphatic heterocycles. The van der Waals surface area contributed by atoms with Crippen molar-refractivity contribution >= 4 is 73.9 Å².